The molecular formula is C36H44N4O6Si. The summed E-state index contributed by atoms with van der Waals surface area (Å²) in [6.07, 6.45) is -0.781. The van der Waals surface area contributed by atoms with E-state index in [9.17, 15) is 24.3 Å². The first-order chi connectivity index (χ1) is 22.5. The number of carbonyl (C=O) groups is 3. The van der Waals surface area contributed by atoms with Crippen molar-refractivity contribution in [1.82, 2.24) is 10.2 Å². The van der Waals surface area contributed by atoms with Gasteiger partial charge in [0.1, 0.15) is 0 Å². The molecule has 0 saturated carbocycles. The molecule has 0 unspecified atom stereocenters. The third-order valence-corrected chi connectivity index (χ3v) is 12.4. The second kappa shape index (κ2) is 13.3. The molecule has 3 heterocycles. The van der Waals surface area contributed by atoms with Gasteiger partial charge >= 0.3 is 0 Å². The van der Waals surface area contributed by atoms with Gasteiger partial charge in [0.15, 0.2) is 13.9 Å². The lowest BCUT2D eigenvalue weighted by atomic mass is 9.82. The number of carbonyl (C=O) groups excluding carboxylic acids is 3. The zero-order valence-corrected chi connectivity index (χ0v) is 28.3. The van der Waals surface area contributed by atoms with Crippen molar-refractivity contribution in [3.63, 3.8) is 0 Å². The number of rotatable bonds is 10. The number of benzene rings is 3. The van der Waals surface area contributed by atoms with Crippen LogP contribution in [0.4, 0.5) is 11.4 Å². The SMILES string of the molecule is C[C@@H]1[C@@H]([Si](C)(C)O)[C@H](CC(=O)N(CCO)Cc2ccccc2)O[C@@]12C(=O)N(Cc1ccccc1)c1ccc(N3CCNCC3=O)cc12. The van der Waals surface area contributed by atoms with E-state index in [1.165, 1.54) is 0 Å². The number of fused-ring (bicyclic) bond motifs is 2. The smallest absolute Gasteiger partial charge is 0.264 e. The van der Waals surface area contributed by atoms with Crippen LogP contribution in [0.15, 0.2) is 78.9 Å². The Hall–Kier alpha value is -3.87. The van der Waals surface area contributed by atoms with Crippen molar-refractivity contribution in [2.24, 2.45) is 5.92 Å². The Labute approximate surface area is 277 Å². The van der Waals surface area contributed by atoms with Gasteiger partial charge in [-0.25, -0.2) is 0 Å². The average Bonchev–Trinajstić information content (AvgIpc) is 3.48. The summed E-state index contributed by atoms with van der Waals surface area (Å²) in [7, 11) is -3.03. The van der Waals surface area contributed by atoms with Crippen LogP contribution in [0.3, 0.4) is 0 Å². The molecule has 3 aromatic carbocycles. The van der Waals surface area contributed by atoms with Gasteiger partial charge in [-0.15, -0.1) is 0 Å². The summed E-state index contributed by atoms with van der Waals surface area (Å²) in [5.74, 6) is -0.966. The molecule has 3 N–H and O–H groups in total. The van der Waals surface area contributed by atoms with Crippen LogP contribution >= 0.6 is 0 Å². The van der Waals surface area contributed by atoms with E-state index < -0.39 is 31.5 Å². The molecule has 3 amide bonds. The lowest BCUT2D eigenvalue weighted by Crippen LogP contribution is -2.48. The molecule has 10 nitrogen and oxygen atoms in total. The van der Waals surface area contributed by atoms with Crippen LogP contribution < -0.4 is 15.1 Å². The highest BCUT2D eigenvalue weighted by atomic mass is 28.4. The number of ether oxygens (including phenoxy) is 1. The molecule has 1 spiro atoms. The fraction of sp³-hybridized carbons (Fsp3) is 0.417. The zero-order chi connectivity index (χ0) is 33.3. The van der Waals surface area contributed by atoms with Gasteiger partial charge in [-0.2, -0.15) is 0 Å². The van der Waals surface area contributed by atoms with Crippen LogP contribution in [0.1, 0.15) is 30.0 Å². The van der Waals surface area contributed by atoms with Crippen LogP contribution in [0.2, 0.25) is 18.6 Å². The Balaban J connectivity index is 1.40. The number of nitrogens with zero attached hydrogens (tertiary/aromatic N) is 3. The first-order valence-electron chi connectivity index (χ1n) is 16.4. The van der Waals surface area contributed by atoms with Crippen molar-refractivity contribution >= 4 is 37.4 Å². The van der Waals surface area contributed by atoms with Crippen molar-refractivity contribution in [2.75, 3.05) is 42.6 Å². The van der Waals surface area contributed by atoms with E-state index in [1.54, 1.807) is 14.7 Å². The van der Waals surface area contributed by atoms with Gasteiger partial charge in [-0.1, -0.05) is 67.6 Å². The number of nitrogens with one attached hydrogen (secondary N) is 1. The first kappa shape index (κ1) is 33.0. The van der Waals surface area contributed by atoms with E-state index >= 15 is 0 Å². The van der Waals surface area contributed by atoms with E-state index in [1.807, 2.05) is 98.9 Å². The third-order valence-electron chi connectivity index (χ3n) is 9.87. The van der Waals surface area contributed by atoms with Gasteiger partial charge in [0.2, 0.25) is 11.8 Å². The molecule has 3 aromatic rings. The minimum Gasteiger partial charge on any atom is -0.432 e. The summed E-state index contributed by atoms with van der Waals surface area (Å²) < 4.78 is 6.94. The summed E-state index contributed by atoms with van der Waals surface area (Å²) in [5.41, 5.74) is 2.03. The van der Waals surface area contributed by atoms with E-state index in [-0.39, 0.29) is 43.8 Å². The van der Waals surface area contributed by atoms with E-state index in [0.717, 1.165) is 11.1 Å². The summed E-state index contributed by atoms with van der Waals surface area (Å²) in [5, 5.41) is 12.9. The van der Waals surface area contributed by atoms with Crippen molar-refractivity contribution in [3.8, 4) is 0 Å². The Bertz CT molecular complexity index is 1620. The van der Waals surface area contributed by atoms with E-state index in [0.29, 0.717) is 43.1 Å². The second-order valence-electron chi connectivity index (χ2n) is 13.4. The minimum absolute atomic E-state index is 0.0438. The Morgan fingerprint density at radius 2 is 1.72 bits per heavy atom. The van der Waals surface area contributed by atoms with Gasteiger partial charge < -0.3 is 34.7 Å². The largest absolute Gasteiger partial charge is 0.432 e. The Kier molecular flexibility index (Phi) is 9.37. The fourth-order valence-corrected chi connectivity index (χ4v) is 10.3. The predicted octanol–water partition coefficient (Wildman–Crippen LogP) is 3.38. The van der Waals surface area contributed by atoms with Gasteiger partial charge in [0, 0.05) is 48.9 Å². The molecule has 4 atom stereocenters. The quantitative estimate of drug-likeness (QED) is 0.286. The van der Waals surface area contributed by atoms with Gasteiger partial charge in [-0.05, 0) is 42.4 Å². The van der Waals surface area contributed by atoms with Gasteiger partial charge in [-0.3, -0.25) is 14.4 Å². The molecule has 2 fully saturated rings. The van der Waals surface area contributed by atoms with Crippen LogP contribution in [0.5, 0.6) is 0 Å². The third kappa shape index (κ3) is 6.26. The fourth-order valence-electron chi connectivity index (χ4n) is 7.75. The molecule has 6 rings (SSSR count). The number of amides is 3. The topological polar surface area (TPSA) is 123 Å². The molecule has 2 saturated heterocycles. The molecule has 0 aliphatic carbocycles. The van der Waals surface area contributed by atoms with Crippen molar-refractivity contribution in [2.45, 2.75) is 56.8 Å². The summed E-state index contributed by atoms with van der Waals surface area (Å²) >= 11 is 0. The second-order valence-corrected chi connectivity index (χ2v) is 17.4. The molecule has 0 radical (unpaired) electrons. The van der Waals surface area contributed by atoms with Crippen molar-refractivity contribution in [3.05, 3.63) is 95.6 Å². The van der Waals surface area contributed by atoms with Crippen molar-refractivity contribution < 1.29 is 29.0 Å². The number of piperazine rings is 1. The summed E-state index contributed by atoms with van der Waals surface area (Å²) in [6.45, 7) is 7.62. The molecule has 248 valence electrons. The highest BCUT2D eigenvalue weighted by Gasteiger charge is 2.66. The number of hydrogen-bond donors (Lipinski definition) is 3. The average molecular weight is 657 g/mol. The molecule has 47 heavy (non-hydrogen) atoms. The van der Waals surface area contributed by atoms with Crippen LogP contribution in [0, 0.1) is 5.92 Å². The standard InChI is InChI=1S/C36H44N4O6Si/c1-25-34(47(2,3)45)31(21-32(42)38(18-19-41)23-26-10-6-4-7-11-26)46-36(25)29-20-28(39-17-16-37-22-33(39)43)14-15-30(29)40(35(36)44)24-27-12-8-5-9-13-27/h4-15,20,25,31,34,37,41,45H,16-19,21-24H2,1-3H3/t25-,31+,34-,36+/m1/s1. The van der Waals surface area contributed by atoms with Crippen LogP contribution in [0.25, 0.3) is 0 Å². The number of aliphatic hydroxyl groups is 1. The lowest BCUT2D eigenvalue weighted by Gasteiger charge is -2.33. The molecular weight excluding hydrogens is 613 g/mol. The Morgan fingerprint density at radius 3 is 2.36 bits per heavy atom. The maximum Gasteiger partial charge on any atom is 0.264 e. The minimum atomic E-state index is -3.03. The summed E-state index contributed by atoms with van der Waals surface area (Å²) in [4.78, 5) is 58.5. The lowest BCUT2D eigenvalue weighted by molar-refractivity contribution is -0.150. The molecule has 0 aromatic heterocycles. The zero-order valence-electron chi connectivity index (χ0n) is 27.3. The normalized spacial score (nSPS) is 24.2. The monoisotopic (exact) mass is 656 g/mol. The van der Waals surface area contributed by atoms with Gasteiger partial charge in [0.05, 0.1) is 37.9 Å². The maximum atomic E-state index is 14.9. The van der Waals surface area contributed by atoms with Crippen LogP contribution in [-0.4, -0.2) is 79.7 Å². The molecule has 3 aliphatic rings. The van der Waals surface area contributed by atoms with Crippen molar-refractivity contribution in [1.29, 1.82) is 0 Å². The molecule has 0 bridgehead atoms. The summed E-state index contributed by atoms with van der Waals surface area (Å²) in [6, 6.07) is 25.0. The number of hydrogen-bond acceptors (Lipinski definition) is 7. The van der Waals surface area contributed by atoms with E-state index in [2.05, 4.69) is 5.32 Å². The van der Waals surface area contributed by atoms with E-state index in [4.69, 9.17) is 4.74 Å². The first-order valence-corrected chi connectivity index (χ1v) is 19.4. The Morgan fingerprint density at radius 1 is 1.04 bits per heavy atom. The van der Waals surface area contributed by atoms with Crippen LogP contribution in [-0.2, 0) is 37.8 Å². The number of anilines is 2. The highest BCUT2D eigenvalue weighted by Crippen LogP contribution is 2.60. The number of aliphatic hydroxyl groups excluding tert-OH is 1. The maximum absolute atomic E-state index is 14.9. The highest BCUT2D eigenvalue weighted by molar-refractivity contribution is 6.71. The molecule has 11 heteroatoms. The predicted molar refractivity (Wildman–Crippen MR) is 182 cm³/mol. The molecule has 3 aliphatic heterocycles. The van der Waals surface area contributed by atoms with Gasteiger partial charge in [0.25, 0.3) is 5.91 Å².